The molecule has 2 aromatic carbocycles. The monoisotopic (exact) mass is 510 g/mol. The Morgan fingerprint density at radius 3 is 2.23 bits per heavy atom. The highest BCUT2D eigenvalue weighted by atomic mass is 32.2. The van der Waals surface area contributed by atoms with E-state index in [0.29, 0.717) is 30.1 Å². The lowest BCUT2D eigenvalue weighted by molar-refractivity contribution is -0.135. The highest BCUT2D eigenvalue weighted by molar-refractivity contribution is 7.89. The lowest BCUT2D eigenvalue weighted by Gasteiger charge is -2.33. The summed E-state index contributed by atoms with van der Waals surface area (Å²) in [5, 5.41) is 0. The Hall–Kier alpha value is -3.05. The van der Waals surface area contributed by atoms with Crippen LogP contribution in [0.15, 0.2) is 35.2 Å². The van der Waals surface area contributed by atoms with E-state index in [9.17, 15) is 17.6 Å². The lowest BCUT2D eigenvalue weighted by atomic mass is 9.98. The van der Waals surface area contributed by atoms with Crippen LogP contribution in [0.5, 0.6) is 23.0 Å². The molecule has 192 valence electrons. The molecule has 0 aromatic heterocycles. The second-order valence-electron chi connectivity index (χ2n) is 8.23. The molecule has 0 N–H and O–H groups in total. The maximum absolute atomic E-state index is 13.8. The van der Waals surface area contributed by atoms with Gasteiger partial charge in [0, 0.05) is 26.7 Å². The van der Waals surface area contributed by atoms with Crippen LogP contribution in [0.1, 0.15) is 18.4 Å². The zero-order chi connectivity index (χ0) is 25.8. The topological polar surface area (TPSA) is 94.6 Å². The normalized spacial score (nSPS) is 16.5. The van der Waals surface area contributed by atoms with Crippen molar-refractivity contribution >= 4 is 15.9 Å². The van der Waals surface area contributed by atoms with Gasteiger partial charge in [-0.05, 0) is 48.7 Å². The molecule has 1 aliphatic rings. The largest absolute Gasteiger partial charge is 0.495 e. The second kappa shape index (κ2) is 11.1. The molecule has 35 heavy (non-hydrogen) atoms. The van der Waals surface area contributed by atoms with E-state index >= 15 is 0 Å². The van der Waals surface area contributed by atoms with E-state index in [1.165, 1.54) is 38.8 Å². The molecule has 0 saturated carbocycles. The summed E-state index contributed by atoms with van der Waals surface area (Å²) >= 11 is 0. The molecule has 3 rings (SSSR count). The van der Waals surface area contributed by atoms with Crippen molar-refractivity contribution in [2.75, 3.05) is 48.6 Å². The molecule has 1 saturated heterocycles. The van der Waals surface area contributed by atoms with E-state index in [4.69, 9.17) is 18.9 Å². The van der Waals surface area contributed by atoms with Crippen molar-refractivity contribution in [2.45, 2.75) is 24.3 Å². The maximum Gasteiger partial charge on any atom is 0.246 e. The predicted octanol–water partition coefficient (Wildman–Crippen LogP) is 2.92. The van der Waals surface area contributed by atoms with Gasteiger partial charge in [-0.2, -0.15) is 4.31 Å². The molecule has 1 amide bonds. The Morgan fingerprint density at radius 2 is 1.66 bits per heavy atom. The summed E-state index contributed by atoms with van der Waals surface area (Å²) in [6.45, 7) is 0.499. The number of amides is 1. The fourth-order valence-electron chi connectivity index (χ4n) is 4.24. The van der Waals surface area contributed by atoms with Crippen LogP contribution < -0.4 is 18.9 Å². The third-order valence-electron chi connectivity index (χ3n) is 6.00. The first-order valence-electron chi connectivity index (χ1n) is 11.0. The Balaban J connectivity index is 1.78. The predicted molar refractivity (Wildman–Crippen MR) is 127 cm³/mol. The minimum atomic E-state index is -4.05. The van der Waals surface area contributed by atoms with Gasteiger partial charge in [0.1, 0.15) is 16.5 Å². The minimum absolute atomic E-state index is 0.000426. The molecule has 0 aliphatic carbocycles. The molecular formula is C24H31FN2O7S. The first-order valence-corrected chi connectivity index (χ1v) is 12.5. The number of ether oxygens (including phenoxy) is 4. The van der Waals surface area contributed by atoms with Crippen LogP contribution in [0, 0.1) is 11.7 Å². The lowest BCUT2D eigenvalue weighted by Crippen LogP contribution is -2.45. The summed E-state index contributed by atoms with van der Waals surface area (Å²) < 4.78 is 62.8. The van der Waals surface area contributed by atoms with Crippen molar-refractivity contribution in [2.24, 2.45) is 5.92 Å². The smallest absolute Gasteiger partial charge is 0.246 e. The first-order chi connectivity index (χ1) is 16.7. The van der Waals surface area contributed by atoms with E-state index in [1.54, 1.807) is 24.1 Å². The number of piperidine rings is 1. The molecule has 0 spiro atoms. The van der Waals surface area contributed by atoms with Gasteiger partial charge in [-0.25, -0.2) is 12.8 Å². The second-order valence-corrected chi connectivity index (χ2v) is 10.1. The fraction of sp³-hybridized carbons (Fsp3) is 0.458. The van der Waals surface area contributed by atoms with Crippen molar-refractivity contribution < 1.29 is 36.6 Å². The van der Waals surface area contributed by atoms with Gasteiger partial charge in [-0.15, -0.1) is 0 Å². The molecular weight excluding hydrogens is 479 g/mol. The number of carbonyl (C=O) groups is 1. The van der Waals surface area contributed by atoms with Crippen molar-refractivity contribution in [3.8, 4) is 23.0 Å². The van der Waals surface area contributed by atoms with Crippen LogP contribution in [0.25, 0.3) is 0 Å². The van der Waals surface area contributed by atoms with Crippen molar-refractivity contribution in [3.05, 3.63) is 41.7 Å². The van der Waals surface area contributed by atoms with E-state index in [0.717, 1.165) is 17.7 Å². The van der Waals surface area contributed by atoms with Crippen LogP contribution >= 0.6 is 0 Å². The van der Waals surface area contributed by atoms with E-state index < -0.39 is 21.8 Å². The third kappa shape index (κ3) is 5.62. The SMILES string of the molecule is COc1ccc(F)cc1S(=O)(=O)N1CCC[C@@H](C(=O)N(C)Cc2cc(OC)c(OC)c(OC)c2)C1. The van der Waals surface area contributed by atoms with Crippen molar-refractivity contribution in [1.82, 2.24) is 9.21 Å². The van der Waals surface area contributed by atoms with Crippen molar-refractivity contribution in [3.63, 3.8) is 0 Å². The Morgan fingerprint density at radius 1 is 1.03 bits per heavy atom. The number of benzene rings is 2. The molecule has 0 bridgehead atoms. The minimum Gasteiger partial charge on any atom is -0.495 e. The van der Waals surface area contributed by atoms with Crippen molar-refractivity contribution in [1.29, 1.82) is 0 Å². The first kappa shape index (κ1) is 26.6. The van der Waals surface area contributed by atoms with Gasteiger partial charge in [0.25, 0.3) is 0 Å². The number of sulfonamides is 1. The summed E-state index contributed by atoms with van der Waals surface area (Å²) in [6.07, 6.45) is 1.05. The Bertz CT molecular complexity index is 1150. The quantitative estimate of drug-likeness (QED) is 0.512. The highest BCUT2D eigenvalue weighted by Crippen LogP contribution is 2.38. The molecule has 0 radical (unpaired) electrons. The number of halogens is 1. The third-order valence-corrected chi connectivity index (χ3v) is 7.88. The van der Waals surface area contributed by atoms with Gasteiger partial charge in [0.2, 0.25) is 21.7 Å². The molecule has 9 nitrogen and oxygen atoms in total. The van der Waals surface area contributed by atoms with E-state index in [-0.39, 0.29) is 36.2 Å². The zero-order valence-electron chi connectivity index (χ0n) is 20.5. The molecule has 0 unspecified atom stereocenters. The number of hydrogen-bond donors (Lipinski definition) is 0. The molecule has 1 aliphatic heterocycles. The van der Waals surface area contributed by atoms with Crippen LogP contribution in [-0.2, 0) is 21.4 Å². The zero-order valence-corrected chi connectivity index (χ0v) is 21.4. The number of rotatable bonds is 9. The summed E-state index contributed by atoms with van der Waals surface area (Å²) in [5.41, 5.74) is 0.764. The summed E-state index contributed by atoms with van der Waals surface area (Å²) in [7, 11) is 3.48. The summed E-state index contributed by atoms with van der Waals surface area (Å²) in [6, 6.07) is 6.88. The maximum atomic E-state index is 13.8. The molecule has 1 atom stereocenters. The van der Waals surface area contributed by atoms with Gasteiger partial charge in [-0.1, -0.05) is 0 Å². The van der Waals surface area contributed by atoms with E-state index in [1.807, 2.05) is 0 Å². The number of hydrogen-bond acceptors (Lipinski definition) is 7. The standard InChI is InChI=1S/C24H31FN2O7S/c1-26(14-16-11-20(32-3)23(34-5)21(12-16)33-4)24(28)17-7-6-10-27(15-17)35(29,30)22-13-18(25)8-9-19(22)31-2/h8-9,11-13,17H,6-7,10,14-15H2,1-5H3/t17-/m1/s1. The number of nitrogens with zero attached hydrogens (tertiary/aromatic N) is 2. The fourth-order valence-corrected chi connectivity index (χ4v) is 5.93. The van der Waals surface area contributed by atoms with Gasteiger partial charge in [0.15, 0.2) is 11.5 Å². The van der Waals surface area contributed by atoms with Crippen LogP contribution in [-0.4, -0.2) is 72.1 Å². The van der Waals surface area contributed by atoms with Crippen LogP contribution in [0.3, 0.4) is 0 Å². The van der Waals surface area contributed by atoms with Gasteiger partial charge in [0.05, 0.1) is 34.4 Å². The number of methoxy groups -OCH3 is 4. The van der Waals surface area contributed by atoms with E-state index in [2.05, 4.69) is 0 Å². The van der Waals surface area contributed by atoms with Gasteiger partial charge < -0.3 is 23.8 Å². The van der Waals surface area contributed by atoms with Gasteiger partial charge in [-0.3, -0.25) is 4.79 Å². The average Bonchev–Trinajstić information content (AvgIpc) is 2.87. The summed E-state index contributed by atoms with van der Waals surface area (Å²) in [5.74, 6) is 0.0467. The molecule has 1 heterocycles. The Kier molecular flexibility index (Phi) is 8.44. The highest BCUT2D eigenvalue weighted by Gasteiger charge is 2.36. The van der Waals surface area contributed by atoms with Crippen LogP contribution in [0.2, 0.25) is 0 Å². The molecule has 1 fully saturated rings. The van der Waals surface area contributed by atoms with Gasteiger partial charge >= 0.3 is 0 Å². The molecule has 2 aromatic rings. The summed E-state index contributed by atoms with van der Waals surface area (Å²) in [4.78, 5) is 14.5. The average molecular weight is 511 g/mol. The van der Waals surface area contributed by atoms with Crippen LogP contribution in [0.4, 0.5) is 4.39 Å². The number of carbonyl (C=O) groups excluding carboxylic acids is 1. The Labute approximate surface area is 205 Å². The molecule has 11 heteroatoms.